The molecule has 0 spiro atoms. The predicted molar refractivity (Wildman–Crippen MR) is 321 cm³/mol. The summed E-state index contributed by atoms with van der Waals surface area (Å²) in [6.07, 6.45) is 65.3. The first kappa shape index (κ1) is 72.4. The van der Waals surface area contributed by atoms with Crippen molar-refractivity contribution < 1.29 is 28.6 Å². The maximum absolute atomic E-state index is 12.9. The summed E-state index contributed by atoms with van der Waals surface area (Å²) < 4.78 is 17.0. The maximum atomic E-state index is 12.9. The van der Waals surface area contributed by atoms with Crippen molar-refractivity contribution in [1.82, 2.24) is 0 Å². The molecule has 74 heavy (non-hydrogen) atoms. The van der Waals surface area contributed by atoms with E-state index in [1.54, 1.807) is 0 Å². The molecule has 0 aliphatic carbocycles. The fourth-order valence-corrected chi connectivity index (χ4v) is 10.6. The second-order valence-corrected chi connectivity index (χ2v) is 24.7. The smallest absolute Gasteiger partial charge is 0.306 e. The lowest BCUT2D eigenvalue weighted by Crippen LogP contribution is -2.30. The molecule has 0 radical (unpaired) electrons. The van der Waals surface area contributed by atoms with Gasteiger partial charge in [-0.25, -0.2) is 0 Å². The van der Waals surface area contributed by atoms with Gasteiger partial charge in [-0.2, -0.15) is 0 Å². The summed E-state index contributed by atoms with van der Waals surface area (Å²) in [6, 6.07) is 0. The van der Waals surface area contributed by atoms with Gasteiger partial charge in [0.25, 0.3) is 0 Å². The van der Waals surface area contributed by atoms with Gasteiger partial charge in [-0.05, 0) is 37.0 Å². The molecule has 1 unspecified atom stereocenters. The zero-order chi connectivity index (χ0) is 54.1. The number of hydrogen-bond donors (Lipinski definition) is 0. The molecule has 0 fully saturated rings. The summed E-state index contributed by atoms with van der Waals surface area (Å²) in [4.78, 5) is 38.4. The molecule has 0 saturated carbocycles. The van der Waals surface area contributed by atoms with Crippen LogP contribution in [-0.2, 0) is 28.6 Å². The number of carbonyl (C=O) groups excluding carboxylic acids is 3. The van der Waals surface area contributed by atoms with Crippen LogP contribution >= 0.6 is 0 Å². The molecule has 6 heteroatoms. The molecule has 0 amide bonds. The van der Waals surface area contributed by atoms with E-state index in [0.29, 0.717) is 19.3 Å². The van der Waals surface area contributed by atoms with Crippen LogP contribution in [0.15, 0.2) is 0 Å². The Morgan fingerprint density at radius 2 is 0.473 bits per heavy atom. The summed E-state index contributed by atoms with van der Waals surface area (Å²) in [5, 5.41) is 0. The number of unbranched alkanes of at least 4 members (excludes halogenated alkanes) is 43. The van der Waals surface area contributed by atoms with Gasteiger partial charge in [0.2, 0.25) is 0 Å². The first-order valence-electron chi connectivity index (χ1n) is 33.6. The third-order valence-electron chi connectivity index (χ3n) is 16.0. The SMILES string of the molecule is CCC(C)CCCCCCCCCCCCCCCCCCCCC(=O)OC[C@H](COC(=O)CCCCCCCCCCCCCCCCCCC(C)C)OC(=O)CCCCCCCCCCCCCCC(C)C. The van der Waals surface area contributed by atoms with E-state index >= 15 is 0 Å². The average Bonchev–Trinajstić information content (AvgIpc) is 3.38. The Morgan fingerprint density at radius 1 is 0.270 bits per heavy atom. The maximum Gasteiger partial charge on any atom is 0.306 e. The Balaban J connectivity index is 4.25. The molecule has 0 rings (SSSR count). The van der Waals surface area contributed by atoms with Crippen molar-refractivity contribution in [2.45, 2.75) is 388 Å². The highest BCUT2D eigenvalue weighted by atomic mass is 16.6. The third-order valence-corrected chi connectivity index (χ3v) is 16.0. The van der Waals surface area contributed by atoms with Crippen LogP contribution in [-0.4, -0.2) is 37.2 Å². The molecule has 0 bridgehead atoms. The second-order valence-electron chi connectivity index (χ2n) is 24.7. The normalized spacial score (nSPS) is 12.5. The topological polar surface area (TPSA) is 78.9 Å². The lowest BCUT2D eigenvalue weighted by molar-refractivity contribution is -0.167. The zero-order valence-corrected chi connectivity index (χ0v) is 51.1. The zero-order valence-electron chi connectivity index (χ0n) is 51.1. The fraction of sp³-hybridized carbons (Fsp3) is 0.956. The average molecular weight is 1050 g/mol. The largest absolute Gasteiger partial charge is 0.462 e. The van der Waals surface area contributed by atoms with Crippen LogP contribution < -0.4 is 0 Å². The van der Waals surface area contributed by atoms with Gasteiger partial charge in [0.05, 0.1) is 0 Å². The molecule has 2 atom stereocenters. The van der Waals surface area contributed by atoms with Gasteiger partial charge in [0.1, 0.15) is 13.2 Å². The van der Waals surface area contributed by atoms with Crippen LogP contribution in [0.3, 0.4) is 0 Å². The molecule has 0 aromatic rings. The molecule has 6 nitrogen and oxygen atoms in total. The van der Waals surface area contributed by atoms with Crippen LogP contribution in [0.25, 0.3) is 0 Å². The van der Waals surface area contributed by atoms with Gasteiger partial charge < -0.3 is 14.2 Å². The molecule has 0 aliphatic rings. The van der Waals surface area contributed by atoms with E-state index in [2.05, 4.69) is 41.5 Å². The van der Waals surface area contributed by atoms with Crippen LogP contribution in [0.2, 0.25) is 0 Å². The number of carbonyl (C=O) groups is 3. The van der Waals surface area contributed by atoms with Gasteiger partial charge in [0, 0.05) is 19.3 Å². The van der Waals surface area contributed by atoms with Crippen molar-refractivity contribution in [2.24, 2.45) is 17.8 Å². The highest BCUT2D eigenvalue weighted by molar-refractivity contribution is 5.71. The molecule has 0 aromatic carbocycles. The van der Waals surface area contributed by atoms with Gasteiger partial charge in [-0.3, -0.25) is 14.4 Å². The Labute approximate surface area is 463 Å². The number of esters is 3. The Morgan fingerprint density at radius 3 is 0.703 bits per heavy atom. The molecule has 440 valence electrons. The van der Waals surface area contributed by atoms with Crippen LogP contribution in [0, 0.1) is 17.8 Å². The minimum Gasteiger partial charge on any atom is -0.462 e. The summed E-state index contributed by atoms with van der Waals surface area (Å²) >= 11 is 0. The molecule has 0 aromatic heterocycles. The second kappa shape index (κ2) is 59.1. The number of rotatable bonds is 61. The monoisotopic (exact) mass is 1050 g/mol. The minimum atomic E-state index is -0.765. The van der Waals surface area contributed by atoms with Crippen molar-refractivity contribution >= 4 is 17.9 Å². The standard InChI is InChI=1S/C68H132O6/c1-7-64(6)56-50-44-38-32-26-19-15-10-8-9-11-16-20-27-33-39-45-51-57-66(69)72-60-65(74-68(71)59-53-47-41-35-29-23-22-25-31-37-43-49-55-63(4)5)61-73-67(70)58-52-46-40-34-28-21-17-13-12-14-18-24-30-36-42-48-54-62(2)3/h62-65H,7-61H2,1-6H3/t64?,65-/m1/s1. The summed E-state index contributed by atoms with van der Waals surface area (Å²) in [5.41, 5.74) is 0. The third kappa shape index (κ3) is 59.7. The lowest BCUT2D eigenvalue weighted by Gasteiger charge is -2.18. The van der Waals surface area contributed by atoms with Gasteiger partial charge in [-0.15, -0.1) is 0 Å². The first-order chi connectivity index (χ1) is 36.1. The summed E-state index contributed by atoms with van der Waals surface area (Å²) in [7, 11) is 0. The molecule has 0 N–H and O–H groups in total. The summed E-state index contributed by atoms with van der Waals surface area (Å²) in [5.74, 6) is 1.76. The quantitative estimate of drug-likeness (QED) is 0.0343. The highest BCUT2D eigenvalue weighted by Gasteiger charge is 2.20. The van der Waals surface area contributed by atoms with Crippen molar-refractivity contribution in [3.05, 3.63) is 0 Å². The van der Waals surface area contributed by atoms with E-state index in [0.717, 1.165) is 75.5 Å². The van der Waals surface area contributed by atoms with Crippen molar-refractivity contribution in [3.63, 3.8) is 0 Å². The van der Waals surface area contributed by atoms with E-state index in [9.17, 15) is 14.4 Å². The number of ether oxygens (including phenoxy) is 3. The Hall–Kier alpha value is -1.59. The molecular weight excluding hydrogens is 913 g/mol. The van der Waals surface area contributed by atoms with Gasteiger partial charge in [-0.1, -0.05) is 343 Å². The molecule has 0 heterocycles. The molecular formula is C68H132O6. The van der Waals surface area contributed by atoms with E-state index in [1.165, 1.54) is 263 Å². The first-order valence-corrected chi connectivity index (χ1v) is 33.6. The highest BCUT2D eigenvalue weighted by Crippen LogP contribution is 2.20. The fourth-order valence-electron chi connectivity index (χ4n) is 10.6. The van der Waals surface area contributed by atoms with E-state index in [-0.39, 0.29) is 31.1 Å². The Bertz CT molecular complexity index is 1150. The number of hydrogen-bond acceptors (Lipinski definition) is 6. The minimum absolute atomic E-state index is 0.0623. The molecule has 0 saturated heterocycles. The van der Waals surface area contributed by atoms with Crippen molar-refractivity contribution in [2.75, 3.05) is 13.2 Å². The van der Waals surface area contributed by atoms with E-state index in [1.807, 2.05) is 0 Å². The predicted octanol–water partition coefficient (Wildman–Crippen LogP) is 22.6. The van der Waals surface area contributed by atoms with Crippen molar-refractivity contribution in [1.29, 1.82) is 0 Å². The van der Waals surface area contributed by atoms with Crippen LogP contribution in [0.4, 0.5) is 0 Å². The van der Waals surface area contributed by atoms with Crippen molar-refractivity contribution in [3.8, 4) is 0 Å². The van der Waals surface area contributed by atoms with Gasteiger partial charge in [0.15, 0.2) is 6.10 Å². The summed E-state index contributed by atoms with van der Waals surface area (Å²) in [6.45, 7) is 13.9. The van der Waals surface area contributed by atoms with Crippen LogP contribution in [0.5, 0.6) is 0 Å². The van der Waals surface area contributed by atoms with Crippen LogP contribution in [0.1, 0.15) is 382 Å². The molecule has 0 aliphatic heterocycles. The van der Waals surface area contributed by atoms with E-state index in [4.69, 9.17) is 14.2 Å². The lowest BCUT2D eigenvalue weighted by atomic mass is 9.99. The van der Waals surface area contributed by atoms with E-state index < -0.39 is 6.10 Å². The van der Waals surface area contributed by atoms with Gasteiger partial charge >= 0.3 is 17.9 Å². The Kier molecular flexibility index (Phi) is 57.8.